The first-order valence-corrected chi connectivity index (χ1v) is 7.58. The number of amides is 1. The molecule has 23 heavy (non-hydrogen) atoms. The van der Waals surface area contributed by atoms with Crippen LogP contribution in [0.4, 0.5) is 5.69 Å². The molecule has 1 saturated heterocycles. The Morgan fingerprint density at radius 2 is 2.30 bits per heavy atom. The maximum Gasteiger partial charge on any atom is 0.272 e. The van der Waals surface area contributed by atoms with Crippen LogP contribution < -0.4 is 4.90 Å². The van der Waals surface area contributed by atoms with E-state index in [1.54, 1.807) is 23.2 Å². The van der Waals surface area contributed by atoms with Crippen molar-refractivity contribution in [3.05, 3.63) is 48.0 Å². The van der Waals surface area contributed by atoms with Crippen LogP contribution in [-0.4, -0.2) is 46.5 Å². The topological polar surface area (TPSA) is 65.2 Å². The largest absolute Gasteiger partial charge is 0.370 e. The first-order valence-electron chi connectivity index (χ1n) is 7.58. The second-order valence-corrected chi connectivity index (χ2v) is 5.86. The highest BCUT2D eigenvalue weighted by molar-refractivity contribution is 5.92. The van der Waals surface area contributed by atoms with Gasteiger partial charge in [0.1, 0.15) is 5.69 Å². The lowest BCUT2D eigenvalue weighted by Gasteiger charge is -2.27. The van der Waals surface area contributed by atoms with Gasteiger partial charge in [-0.1, -0.05) is 6.07 Å². The molecule has 0 N–H and O–H groups in total. The van der Waals surface area contributed by atoms with E-state index in [0.717, 1.165) is 18.7 Å². The first kappa shape index (κ1) is 15.1. The summed E-state index contributed by atoms with van der Waals surface area (Å²) in [6, 6.07) is 9.97. The summed E-state index contributed by atoms with van der Waals surface area (Å²) in [7, 11) is 3.84. The number of nitriles is 1. The number of nitrogens with zero attached hydrogens (tertiary/aromatic N) is 5. The summed E-state index contributed by atoms with van der Waals surface area (Å²) < 4.78 is 1.75. The summed E-state index contributed by atoms with van der Waals surface area (Å²) >= 11 is 0. The number of anilines is 1. The molecular formula is C17H19N5O. The van der Waals surface area contributed by atoms with Gasteiger partial charge in [-0.2, -0.15) is 5.26 Å². The summed E-state index contributed by atoms with van der Waals surface area (Å²) in [4.78, 5) is 20.6. The molecule has 0 bridgehead atoms. The van der Waals surface area contributed by atoms with Crippen molar-refractivity contribution in [1.82, 2.24) is 14.5 Å². The Bertz CT molecular complexity index is 760. The molecule has 118 valence electrons. The van der Waals surface area contributed by atoms with Gasteiger partial charge >= 0.3 is 0 Å². The predicted octanol–water partition coefficient (Wildman–Crippen LogP) is 1.64. The number of aromatic nitrogens is 2. The fraction of sp³-hybridized carbons (Fsp3) is 0.353. The number of aryl methyl sites for hydroxylation is 1. The van der Waals surface area contributed by atoms with Crippen molar-refractivity contribution in [3.8, 4) is 6.07 Å². The number of carbonyl (C=O) groups excluding carboxylic acids is 1. The van der Waals surface area contributed by atoms with Crippen molar-refractivity contribution in [3.63, 3.8) is 0 Å². The Balaban J connectivity index is 1.71. The highest BCUT2D eigenvalue weighted by Gasteiger charge is 2.30. The number of rotatable bonds is 3. The predicted molar refractivity (Wildman–Crippen MR) is 87.1 cm³/mol. The zero-order valence-corrected chi connectivity index (χ0v) is 13.3. The average Bonchev–Trinajstić information content (AvgIpc) is 3.22. The van der Waals surface area contributed by atoms with Crippen molar-refractivity contribution in [2.24, 2.45) is 7.05 Å². The molecule has 3 rings (SSSR count). The molecule has 0 aliphatic carbocycles. The third-order valence-electron chi connectivity index (χ3n) is 4.42. The molecule has 0 saturated carbocycles. The highest BCUT2D eigenvalue weighted by atomic mass is 16.2. The minimum absolute atomic E-state index is 0.0201. The van der Waals surface area contributed by atoms with E-state index >= 15 is 0 Å². The van der Waals surface area contributed by atoms with Crippen molar-refractivity contribution in [1.29, 1.82) is 5.26 Å². The Morgan fingerprint density at radius 1 is 1.48 bits per heavy atom. The van der Waals surface area contributed by atoms with Crippen LogP contribution in [0.3, 0.4) is 0 Å². The van der Waals surface area contributed by atoms with E-state index in [0.29, 0.717) is 17.8 Å². The lowest BCUT2D eigenvalue weighted by molar-refractivity contribution is 0.0781. The average molecular weight is 309 g/mol. The van der Waals surface area contributed by atoms with Gasteiger partial charge in [-0.3, -0.25) is 4.79 Å². The smallest absolute Gasteiger partial charge is 0.272 e. The second-order valence-electron chi connectivity index (χ2n) is 5.86. The molecule has 1 unspecified atom stereocenters. The van der Waals surface area contributed by atoms with Gasteiger partial charge in [-0.05, 0) is 24.6 Å². The molecule has 1 atom stereocenters. The number of likely N-dealkylation sites (N-methyl/N-ethyl adjacent to an activating group) is 1. The molecule has 6 heteroatoms. The molecule has 1 fully saturated rings. The summed E-state index contributed by atoms with van der Waals surface area (Å²) in [6.45, 7) is 1.41. The third kappa shape index (κ3) is 2.90. The minimum Gasteiger partial charge on any atom is -0.370 e. The van der Waals surface area contributed by atoms with E-state index in [4.69, 9.17) is 5.26 Å². The Hall–Kier alpha value is -2.81. The lowest BCUT2D eigenvalue weighted by Crippen LogP contribution is -2.37. The van der Waals surface area contributed by atoms with E-state index in [1.165, 1.54) is 0 Å². The fourth-order valence-electron chi connectivity index (χ4n) is 2.97. The van der Waals surface area contributed by atoms with E-state index in [1.807, 2.05) is 37.2 Å². The van der Waals surface area contributed by atoms with Crippen molar-refractivity contribution >= 4 is 11.6 Å². The standard InChI is InChI=1S/C17H19N5O/c1-20-12-19-10-16(20)17(23)22-7-6-15(11-22)21(2)14-5-3-4-13(8-14)9-18/h3-5,8,10,12,15H,6-7,11H2,1-2H3. The number of likely N-dealkylation sites (tertiary alicyclic amines) is 1. The van der Waals surface area contributed by atoms with Crippen LogP contribution in [0.1, 0.15) is 22.5 Å². The zero-order valence-electron chi connectivity index (χ0n) is 13.3. The second kappa shape index (κ2) is 6.13. The van der Waals surface area contributed by atoms with Crippen LogP contribution in [0.25, 0.3) is 0 Å². The molecule has 1 aliphatic rings. The van der Waals surface area contributed by atoms with Crippen LogP contribution in [-0.2, 0) is 7.05 Å². The number of carbonyl (C=O) groups is 1. The normalized spacial score (nSPS) is 17.1. The zero-order chi connectivity index (χ0) is 16.4. The molecule has 1 aromatic carbocycles. The number of benzene rings is 1. The minimum atomic E-state index is 0.0201. The van der Waals surface area contributed by atoms with Crippen molar-refractivity contribution < 1.29 is 4.79 Å². The van der Waals surface area contributed by atoms with Crippen LogP contribution in [0.2, 0.25) is 0 Å². The highest BCUT2D eigenvalue weighted by Crippen LogP contribution is 2.23. The lowest BCUT2D eigenvalue weighted by atomic mass is 10.1. The van der Waals surface area contributed by atoms with Gasteiger partial charge in [0.25, 0.3) is 5.91 Å². The number of imidazole rings is 1. The molecule has 2 heterocycles. The van der Waals surface area contributed by atoms with E-state index in [2.05, 4.69) is 16.0 Å². The van der Waals surface area contributed by atoms with Gasteiger partial charge in [-0.25, -0.2) is 4.98 Å². The third-order valence-corrected chi connectivity index (χ3v) is 4.42. The molecule has 0 spiro atoms. The molecular weight excluding hydrogens is 290 g/mol. The Morgan fingerprint density at radius 3 is 3.00 bits per heavy atom. The SMILES string of the molecule is CN(c1cccc(C#N)c1)C1CCN(C(=O)c2cncn2C)C1. The molecule has 1 amide bonds. The van der Waals surface area contributed by atoms with Crippen LogP contribution in [0.5, 0.6) is 0 Å². The van der Waals surface area contributed by atoms with Gasteiger partial charge < -0.3 is 14.4 Å². The van der Waals surface area contributed by atoms with Crippen LogP contribution >= 0.6 is 0 Å². The quantitative estimate of drug-likeness (QED) is 0.864. The Kier molecular flexibility index (Phi) is 4.02. The van der Waals surface area contributed by atoms with Gasteiger partial charge in [0.05, 0.1) is 24.2 Å². The molecule has 1 aliphatic heterocycles. The van der Waals surface area contributed by atoms with Crippen LogP contribution in [0, 0.1) is 11.3 Å². The summed E-state index contributed by atoms with van der Waals surface area (Å²) in [6.07, 6.45) is 4.16. The number of hydrogen-bond donors (Lipinski definition) is 0. The Labute approximate surface area is 135 Å². The summed E-state index contributed by atoms with van der Waals surface area (Å²) in [5, 5.41) is 9.03. The van der Waals surface area contributed by atoms with E-state index < -0.39 is 0 Å². The summed E-state index contributed by atoms with van der Waals surface area (Å²) in [5.74, 6) is 0.0201. The van der Waals surface area contributed by atoms with Crippen molar-refractivity contribution in [2.45, 2.75) is 12.5 Å². The molecule has 2 aromatic rings. The summed E-state index contributed by atoms with van der Waals surface area (Å²) in [5.41, 5.74) is 2.26. The van der Waals surface area contributed by atoms with E-state index in [-0.39, 0.29) is 11.9 Å². The maximum absolute atomic E-state index is 12.5. The number of hydrogen-bond acceptors (Lipinski definition) is 4. The first-order chi connectivity index (χ1) is 11.1. The monoisotopic (exact) mass is 309 g/mol. The van der Waals surface area contributed by atoms with Gasteiger partial charge in [0, 0.05) is 38.9 Å². The van der Waals surface area contributed by atoms with Gasteiger partial charge in [0.2, 0.25) is 0 Å². The molecule has 1 aromatic heterocycles. The van der Waals surface area contributed by atoms with Gasteiger partial charge in [0.15, 0.2) is 0 Å². The fourth-order valence-corrected chi connectivity index (χ4v) is 2.97. The van der Waals surface area contributed by atoms with Crippen LogP contribution in [0.15, 0.2) is 36.8 Å². The van der Waals surface area contributed by atoms with Gasteiger partial charge in [-0.15, -0.1) is 0 Å². The van der Waals surface area contributed by atoms with Crippen molar-refractivity contribution in [2.75, 3.05) is 25.0 Å². The molecule has 0 radical (unpaired) electrons. The maximum atomic E-state index is 12.5. The van der Waals surface area contributed by atoms with E-state index in [9.17, 15) is 4.79 Å². The molecule has 6 nitrogen and oxygen atoms in total.